The van der Waals surface area contributed by atoms with Crippen molar-refractivity contribution in [2.45, 2.75) is 45.3 Å². The Morgan fingerprint density at radius 2 is 1.63 bits per heavy atom. The van der Waals surface area contributed by atoms with Crippen LogP contribution in [0.25, 0.3) is 11.4 Å². The number of terminal acetylenes is 1. The van der Waals surface area contributed by atoms with Crippen LogP contribution in [0.4, 0.5) is 0 Å². The molecule has 8 nitrogen and oxygen atoms in total. The van der Waals surface area contributed by atoms with Crippen LogP contribution in [-0.4, -0.2) is 33.9 Å². The van der Waals surface area contributed by atoms with Crippen LogP contribution < -0.4 is 10.5 Å². The summed E-state index contributed by atoms with van der Waals surface area (Å²) in [5.74, 6) is 4.37. The molecule has 1 aliphatic carbocycles. The van der Waals surface area contributed by atoms with Gasteiger partial charge < -0.3 is 24.8 Å². The number of fused-ring (bicyclic) bond motifs is 2. The molecule has 0 radical (unpaired) electrons. The first-order chi connectivity index (χ1) is 20.0. The highest BCUT2D eigenvalue weighted by molar-refractivity contribution is 5.88. The number of aliphatic hydroxyl groups is 1. The van der Waals surface area contributed by atoms with Crippen molar-refractivity contribution in [3.8, 4) is 35.2 Å². The third kappa shape index (κ3) is 6.02. The monoisotopic (exact) mass is 554 g/mol. The van der Waals surface area contributed by atoms with Gasteiger partial charge in [-0.3, -0.25) is 0 Å². The lowest BCUT2D eigenvalue weighted by Gasteiger charge is -2.43. The van der Waals surface area contributed by atoms with Gasteiger partial charge in [0.2, 0.25) is 17.3 Å². The molecule has 3 atom stereocenters. The normalized spacial score (nSPS) is 19.2. The highest BCUT2D eigenvalue weighted by Gasteiger charge is 2.51. The van der Waals surface area contributed by atoms with Gasteiger partial charge in [-0.05, 0) is 18.6 Å². The summed E-state index contributed by atoms with van der Waals surface area (Å²) in [4.78, 5) is 17.3. The van der Waals surface area contributed by atoms with E-state index in [9.17, 15) is 9.90 Å². The Morgan fingerprint density at radius 1 is 1.05 bits per heavy atom. The fourth-order valence-corrected chi connectivity index (χ4v) is 5.03. The number of hydrogen-bond donors (Lipinski definition) is 2. The zero-order valence-corrected chi connectivity index (χ0v) is 23.6. The van der Waals surface area contributed by atoms with Crippen LogP contribution in [0.15, 0.2) is 83.4 Å². The van der Waals surface area contributed by atoms with Gasteiger partial charge in [0.25, 0.3) is 0 Å². The van der Waals surface area contributed by atoms with Gasteiger partial charge in [0.1, 0.15) is 17.6 Å². The van der Waals surface area contributed by atoms with E-state index in [0.29, 0.717) is 40.8 Å². The SMILES string of the molecule is C#CC1CC(OC(=O)C2(O)c3ccccc3Oc3ccccc32)C1CC[NH3+].CC.Cc1nc(-c2ccccc2)no1. The van der Waals surface area contributed by atoms with Crippen molar-refractivity contribution in [2.24, 2.45) is 11.8 Å². The van der Waals surface area contributed by atoms with Crippen molar-refractivity contribution in [2.75, 3.05) is 6.54 Å². The van der Waals surface area contributed by atoms with Gasteiger partial charge in [0.15, 0.2) is 0 Å². The molecule has 41 heavy (non-hydrogen) atoms. The second-order valence-electron chi connectivity index (χ2n) is 9.57. The second-order valence-corrected chi connectivity index (χ2v) is 9.57. The van der Waals surface area contributed by atoms with E-state index in [0.717, 1.165) is 18.5 Å². The summed E-state index contributed by atoms with van der Waals surface area (Å²) in [5, 5.41) is 15.3. The van der Waals surface area contributed by atoms with Crippen LogP contribution in [-0.2, 0) is 15.1 Å². The number of benzene rings is 3. The Morgan fingerprint density at radius 3 is 2.17 bits per heavy atom. The van der Waals surface area contributed by atoms with Crippen LogP contribution in [0.3, 0.4) is 0 Å². The van der Waals surface area contributed by atoms with Crippen LogP contribution in [0.1, 0.15) is 43.7 Å². The molecule has 1 fully saturated rings. The minimum Gasteiger partial charge on any atom is -0.459 e. The first-order valence-electron chi connectivity index (χ1n) is 13.9. The second kappa shape index (κ2) is 13.3. The lowest BCUT2D eigenvalue weighted by atomic mass is 9.69. The molecular formula is C33H36N3O5+. The molecule has 212 valence electrons. The maximum atomic E-state index is 13.2. The van der Waals surface area contributed by atoms with E-state index < -0.39 is 11.6 Å². The number of ether oxygens (including phenoxy) is 2. The predicted octanol–water partition coefficient (Wildman–Crippen LogP) is 4.91. The van der Waals surface area contributed by atoms with E-state index >= 15 is 0 Å². The maximum absolute atomic E-state index is 13.2. The molecule has 3 aromatic carbocycles. The van der Waals surface area contributed by atoms with Crippen molar-refractivity contribution < 1.29 is 29.6 Å². The van der Waals surface area contributed by atoms with Crippen molar-refractivity contribution in [1.82, 2.24) is 10.1 Å². The molecule has 2 aliphatic rings. The molecule has 2 heterocycles. The van der Waals surface area contributed by atoms with Gasteiger partial charge >= 0.3 is 5.97 Å². The maximum Gasteiger partial charge on any atom is 0.348 e. The summed E-state index contributed by atoms with van der Waals surface area (Å²) >= 11 is 0. The summed E-state index contributed by atoms with van der Waals surface area (Å²) in [6, 6.07) is 23.7. The van der Waals surface area contributed by atoms with Crippen LogP contribution in [0.5, 0.6) is 11.5 Å². The molecule has 1 saturated carbocycles. The molecule has 3 unspecified atom stereocenters. The average Bonchev–Trinajstić information content (AvgIpc) is 3.46. The number of carbonyl (C=O) groups excluding carboxylic acids is 1. The Kier molecular flexibility index (Phi) is 9.56. The van der Waals surface area contributed by atoms with E-state index in [4.69, 9.17) is 20.4 Å². The quantitative estimate of drug-likeness (QED) is 0.265. The van der Waals surface area contributed by atoms with Crippen molar-refractivity contribution in [3.63, 3.8) is 0 Å². The molecule has 0 saturated heterocycles. The highest BCUT2D eigenvalue weighted by atomic mass is 16.6. The van der Waals surface area contributed by atoms with E-state index in [1.165, 1.54) is 0 Å². The van der Waals surface area contributed by atoms with E-state index in [-0.39, 0.29) is 17.9 Å². The molecule has 1 aliphatic heterocycles. The number of esters is 1. The zero-order valence-electron chi connectivity index (χ0n) is 23.6. The van der Waals surface area contributed by atoms with Crippen LogP contribution in [0.2, 0.25) is 0 Å². The summed E-state index contributed by atoms with van der Waals surface area (Å²) < 4.78 is 16.5. The molecule has 4 N–H and O–H groups in total. The molecule has 0 amide bonds. The van der Waals surface area contributed by atoms with E-state index in [2.05, 4.69) is 21.8 Å². The smallest absolute Gasteiger partial charge is 0.348 e. The molecule has 4 aromatic rings. The van der Waals surface area contributed by atoms with Gasteiger partial charge in [-0.25, -0.2) is 4.79 Å². The van der Waals surface area contributed by atoms with Gasteiger partial charge in [-0.2, -0.15) is 4.98 Å². The van der Waals surface area contributed by atoms with Crippen molar-refractivity contribution in [3.05, 3.63) is 95.9 Å². The number of para-hydroxylation sites is 2. The molecule has 8 heteroatoms. The van der Waals surface area contributed by atoms with Crippen LogP contribution >= 0.6 is 0 Å². The van der Waals surface area contributed by atoms with Crippen molar-refractivity contribution in [1.29, 1.82) is 0 Å². The minimum atomic E-state index is -1.91. The average molecular weight is 555 g/mol. The summed E-state index contributed by atoms with van der Waals surface area (Å²) in [6.45, 7) is 6.50. The number of carbonyl (C=O) groups is 1. The number of aromatic nitrogens is 2. The Balaban J connectivity index is 0.000000230. The van der Waals surface area contributed by atoms with Gasteiger partial charge in [-0.1, -0.05) is 85.7 Å². The number of hydrogen-bond acceptors (Lipinski definition) is 7. The number of aryl methyl sites for hydroxylation is 1. The molecule has 0 spiro atoms. The Labute approximate surface area is 240 Å². The zero-order chi connectivity index (χ0) is 29.4. The lowest BCUT2D eigenvalue weighted by molar-refractivity contribution is -0.372. The first kappa shape index (κ1) is 29.5. The van der Waals surface area contributed by atoms with Gasteiger partial charge in [0, 0.05) is 41.9 Å². The fourth-order valence-electron chi connectivity index (χ4n) is 5.03. The summed E-state index contributed by atoms with van der Waals surface area (Å²) in [6.07, 6.45) is 6.67. The number of rotatable bonds is 5. The predicted molar refractivity (Wildman–Crippen MR) is 154 cm³/mol. The Hall–Kier alpha value is -4.45. The first-order valence-corrected chi connectivity index (χ1v) is 13.9. The van der Waals surface area contributed by atoms with Crippen LogP contribution in [0, 0.1) is 31.1 Å². The molecule has 0 bridgehead atoms. The third-order valence-corrected chi connectivity index (χ3v) is 7.12. The van der Waals surface area contributed by atoms with E-state index in [1.807, 2.05) is 44.2 Å². The molecule has 6 rings (SSSR count). The highest BCUT2D eigenvalue weighted by Crippen LogP contribution is 2.48. The molecular weight excluding hydrogens is 518 g/mol. The Bertz CT molecular complexity index is 1450. The largest absolute Gasteiger partial charge is 0.459 e. The number of quaternary nitrogens is 1. The van der Waals surface area contributed by atoms with E-state index in [1.54, 1.807) is 55.5 Å². The lowest BCUT2D eigenvalue weighted by Crippen LogP contribution is -2.55. The summed E-state index contributed by atoms with van der Waals surface area (Å²) in [7, 11) is 0. The van der Waals surface area contributed by atoms with Gasteiger partial charge in [-0.15, -0.1) is 12.3 Å². The van der Waals surface area contributed by atoms with Gasteiger partial charge in [0.05, 0.1) is 6.54 Å². The minimum absolute atomic E-state index is 0.0883. The topological polar surface area (TPSA) is 122 Å². The van der Waals surface area contributed by atoms with Crippen molar-refractivity contribution >= 4 is 5.97 Å². The third-order valence-electron chi connectivity index (χ3n) is 7.12. The number of nitrogens with zero attached hydrogens (tertiary/aromatic N) is 2. The standard InChI is InChI=1S/C22H21NO4.C9H8N2O.C2H6/c1-2-14-13-20(15(14)11-12-23)27-21(24)22(25)16-7-3-5-9-18(16)26-19-10-6-4-8-17(19)22;1-7-10-9(11-12-7)8-5-3-2-4-6-8;1-2/h1,3-10,14-15,20,25H,11-13,23H2;2-6H,1H3;1-2H3/p+1. The fraction of sp³-hybridized carbons (Fsp3) is 0.303. The molecule has 1 aromatic heterocycles. The summed E-state index contributed by atoms with van der Waals surface area (Å²) in [5.41, 5.74) is 3.71.